The van der Waals surface area contributed by atoms with E-state index in [9.17, 15) is 0 Å². The van der Waals surface area contributed by atoms with Crippen molar-refractivity contribution in [3.63, 3.8) is 0 Å². The van der Waals surface area contributed by atoms with E-state index in [1.54, 1.807) is 11.3 Å². The van der Waals surface area contributed by atoms with Gasteiger partial charge < -0.3 is 9.47 Å². The highest BCUT2D eigenvalue weighted by molar-refractivity contribution is 7.10. The molecule has 1 unspecified atom stereocenters. The van der Waals surface area contributed by atoms with E-state index in [0.717, 1.165) is 30.0 Å². The van der Waals surface area contributed by atoms with Gasteiger partial charge in [0, 0.05) is 29.8 Å². The van der Waals surface area contributed by atoms with Crippen LogP contribution in [0.1, 0.15) is 51.5 Å². The maximum Gasteiger partial charge on any atom is 0.236 e. The first-order valence-electron chi connectivity index (χ1n) is 8.85. The van der Waals surface area contributed by atoms with Gasteiger partial charge in [0.2, 0.25) is 12.1 Å². The van der Waals surface area contributed by atoms with Crippen LogP contribution in [0.15, 0.2) is 17.2 Å². The van der Waals surface area contributed by atoms with Gasteiger partial charge in [-0.2, -0.15) is 0 Å². The largest absolute Gasteiger partial charge is 0.458 e. The van der Waals surface area contributed by atoms with Crippen molar-refractivity contribution in [1.29, 1.82) is 0 Å². The maximum atomic E-state index is 6.40. The lowest BCUT2D eigenvalue weighted by Crippen LogP contribution is -2.66. The van der Waals surface area contributed by atoms with Crippen LogP contribution in [0, 0.1) is 17.8 Å². The molecule has 1 spiro atoms. The molecule has 6 atom stereocenters. The number of hydrogen-bond donors (Lipinski definition) is 0. The van der Waals surface area contributed by atoms with Gasteiger partial charge in [-0.1, -0.05) is 6.92 Å². The first-order valence-corrected chi connectivity index (χ1v) is 9.73. The second kappa shape index (κ2) is 5.04. The van der Waals surface area contributed by atoms with Gasteiger partial charge in [0.1, 0.15) is 0 Å². The Hall–Kier alpha value is -0.950. The molecule has 4 fully saturated rings. The van der Waals surface area contributed by atoms with E-state index in [-0.39, 0.29) is 5.92 Å². The van der Waals surface area contributed by atoms with Gasteiger partial charge in [-0.3, -0.25) is 0 Å². The summed E-state index contributed by atoms with van der Waals surface area (Å²) in [5.41, 5.74) is 0.689. The first kappa shape index (κ1) is 15.3. The molecule has 0 aromatic carbocycles. The monoisotopic (exact) mass is 349 g/mol. The zero-order chi connectivity index (χ0) is 16.5. The van der Waals surface area contributed by atoms with Crippen LogP contribution in [0.3, 0.4) is 0 Å². The summed E-state index contributed by atoms with van der Waals surface area (Å²) >= 11 is 1.60. The van der Waals surface area contributed by atoms with E-state index in [0.29, 0.717) is 11.8 Å². The highest BCUT2D eigenvalue weighted by Gasteiger charge is 2.68. The molecule has 4 aliphatic heterocycles. The summed E-state index contributed by atoms with van der Waals surface area (Å²) in [5, 5.41) is 2.91. The number of hydrogen-bond acceptors (Lipinski definition) is 6. The van der Waals surface area contributed by atoms with Crippen LogP contribution in [0.25, 0.3) is 5.76 Å². The van der Waals surface area contributed by atoms with E-state index in [2.05, 4.69) is 18.8 Å². The van der Waals surface area contributed by atoms with Gasteiger partial charge in [-0.05, 0) is 44.6 Å². The highest BCUT2D eigenvalue weighted by atomic mass is 32.1. The number of ether oxygens (including phenoxy) is 2. The van der Waals surface area contributed by atoms with Crippen molar-refractivity contribution < 1.29 is 19.2 Å². The van der Waals surface area contributed by atoms with Crippen molar-refractivity contribution in [2.24, 2.45) is 17.8 Å². The molecule has 0 amide bonds. The van der Waals surface area contributed by atoms with E-state index in [1.807, 2.05) is 18.5 Å². The highest BCUT2D eigenvalue weighted by Crippen LogP contribution is 2.60. The second-order valence-corrected chi connectivity index (χ2v) is 8.72. The summed E-state index contributed by atoms with van der Waals surface area (Å²) in [6, 6.07) is 0. The smallest absolute Gasteiger partial charge is 0.236 e. The molecular weight excluding hydrogens is 326 g/mol. The lowest BCUT2D eigenvalue weighted by Gasteiger charge is -2.57. The summed E-state index contributed by atoms with van der Waals surface area (Å²) < 4.78 is 12.7. The fourth-order valence-corrected chi connectivity index (χ4v) is 5.86. The molecule has 1 aromatic heterocycles. The Bertz CT molecular complexity index is 689. The van der Waals surface area contributed by atoms with Crippen LogP contribution in [0.2, 0.25) is 0 Å². The number of thiazole rings is 1. The molecule has 1 saturated carbocycles. The van der Waals surface area contributed by atoms with Crippen LogP contribution in [0.4, 0.5) is 0 Å². The molecule has 5 nitrogen and oxygen atoms in total. The van der Waals surface area contributed by atoms with Gasteiger partial charge in [0.15, 0.2) is 16.4 Å². The van der Waals surface area contributed by atoms with Crippen molar-refractivity contribution in [3.8, 4) is 0 Å². The van der Waals surface area contributed by atoms with Crippen molar-refractivity contribution in [1.82, 2.24) is 4.98 Å². The van der Waals surface area contributed by atoms with E-state index >= 15 is 0 Å². The van der Waals surface area contributed by atoms with Gasteiger partial charge >= 0.3 is 0 Å². The predicted octanol–water partition coefficient (Wildman–Crippen LogP) is 4.12. The van der Waals surface area contributed by atoms with E-state index < -0.39 is 17.7 Å². The van der Waals surface area contributed by atoms with Crippen LogP contribution >= 0.6 is 11.3 Å². The molecule has 5 aliphatic rings. The van der Waals surface area contributed by atoms with Crippen molar-refractivity contribution in [2.45, 2.75) is 64.1 Å². The maximum absolute atomic E-state index is 6.40. The topological polar surface area (TPSA) is 49.8 Å². The number of aromatic nitrogens is 1. The third kappa shape index (κ3) is 1.88. The van der Waals surface area contributed by atoms with E-state index in [1.165, 1.54) is 12.0 Å². The minimum atomic E-state index is -0.725. The Labute approximate surface area is 145 Å². The Kier molecular flexibility index (Phi) is 3.21. The second-order valence-electron chi connectivity index (χ2n) is 7.82. The van der Waals surface area contributed by atoms with E-state index in [4.69, 9.17) is 19.2 Å². The molecule has 1 aromatic rings. The minimum Gasteiger partial charge on any atom is -0.458 e. The van der Waals surface area contributed by atoms with Gasteiger partial charge in [0.05, 0.1) is 0 Å². The predicted molar refractivity (Wildman–Crippen MR) is 88.6 cm³/mol. The van der Waals surface area contributed by atoms with Gasteiger partial charge in [-0.15, -0.1) is 11.3 Å². The molecule has 6 heteroatoms. The molecular formula is C18H23NO4S. The average Bonchev–Trinajstić information content (AvgIpc) is 2.99. The SMILES string of the molecule is CC1=C(c2nccs2)OC2O[C@]3(C)CC[C@H]4[C@H](C)CC[C@@H]1[C@@]24OO3. The van der Waals surface area contributed by atoms with Crippen molar-refractivity contribution >= 4 is 17.1 Å². The summed E-state index contributed by atoms with van der Waals surface area (Å²) in [4.78, 5) is 16.4. The lowest BCUT2D eigenvalue weighted by molar-refractivity contribution is -0.553. The van der Waals surface area contributed by atoms with Crippen LogP contribution in [0.5, 0.6) is 0 Å². The number of nitrogens with zero attached hydrogens (tertiary/aromatic N) is 1. The normalized spacial score (nSPS) is 47.1. The van der Waals surface area contributed by atoms with Gasteiger partial charge in [0.25, 0.3) is 0 Å². The quantitative estimate of drug-likeness (QED) is 0.714. The average molecular weight is 349 g/mol. The Morgan fingerprint density at radius 2 is 2.12 bits per heavy atom. The third-order valence-electron chi connectivity index (χ3n) is 6.45. The summed E-state index contributed by atoms with van der Waals surface area (Å²) in [7, 11) is 0. The molecule has 0 radical (unpaired) electrons. The molecule has 0 N–H and O–H groups in total. The zero-order valence-corrected chi connectivity index (χ0v) is 15.1. The van der Waals surface area contributed by atoms with Crippen molar-refractivity contribution in [2.75, 3.05) is 0 Å². The molecule has 5 heterocycles. The molecule has 130 valence electrons. The van der Waals surface area contributed by atoms with Crippen LogP contribution in [-0.4, -0.2) is 22.7 Å². The number of fused-ring (bicyclic) bond motifs is 2. The van der Waals surface area contributed by atoms with Gasteiger partial charge in [-0.25, -0.2) is 14.8 Å². The standard InChI is InChI=1S/C18H23NO4S/c1-10-4-5-13-11(2)14(15-19-8-9-24-15)20-16-18(13)12(10)6-7-17(3,21-16)22-23-18/h8-10,12-13,16H,4-7H2,1-3H3/t10-,12+,13+,16?,17+,18-/m1/s1. The fraction of sp³-hybridized carbons (Fsp3) is 0.722. The first-order chi connectivity index (χ1) is 11.5. The van der Waals surface area contributed by atoms with Crippen LogP contribution in [-0.2, 0) is 19.2 Å². The Morgan fingerprint density at radius 1 is 1.25 bits per heavy atom. The molecule has 2 bridgehead atoms. The third-order valence-corrected chi connectivity index (χ3v) is 7.22. The Balaban J connectivity index is 1.67. The van der Waals surface area contributed by atoms with Crippen molar-refractivity contribution in [3.05, 3.63) is 22.2 Å². The molecule has 1 aliphatic carbocycles. The number of rotatable bonds is 1. The fourth-order valence-electron chi connectivity index (χ4n) is 5.17. The van der Waals surface area contributed by atoms with Crippen LogP contribution < -0.4 is 0 Å². The summed E-state index contributed by atoms with van der Waals surface area (Å²) in [6.45, 7) is 6.43. The molecule has 3 saturated heterocycles. The summed E-state index contributed by atoms with van der Waals surface area (Å²) in [6.07, 6.45) is 5.55. The Morgan fingerprint density at radius 3 is 2.92 bits per heavy atom. The molecule has 24 heavy (non-hydrogen) atoms. The molecule has 6 rings (SSSR count). The zero-order valence-electron chi connectivity index (χ0n) is 14.3. The lowest BCUT2D eigenvalue weighted by atomic mass is 9.59. The minimum absolute atomic E-state index is 0.249. The summed E-state index contributed by atoms with van der Waals surface area (Å²) in [5.74, 6) is 1.36.